The van der Waals surface area contributed by atoms with Crippen molar-refractivity contribution < 1.29 is 14.4 Å². The zero-order valence-corrected chi connectivity index (χ0v) is 13.4. The molecule has 6 nitrogen and oxygen atoms in total. The van der Waals surface area contributed by atoms with Crippen molar-refractivity contribution in [3.8, 4) is 0 Å². The molecule has 4 amide bonds. The summed E-state index contributed by atoms with van der Waals surface area (Å²) in [5.74, 6) is -0.678. The molecule has 1 aliphatic carbocycles. The molecule has 1 heterocycles. The normalized spacial score (nSPS) is 25.2. The minimum absolute atomic E-state index is 0.0346. The first kappa shape index (κ1) is 15.5. The van der Waals surface area contributed by atoms with Gasteiger partial charge >= 0.3 is 6.03 Å². The highest BCUT2D eigenvalue weighted by molar-refractivity contribution is 6.04. The minimum Gasteiger partial charge on any atom is -0.354 e. The number of hydrogen-bond donors (Lipinski definition) is 2. The molecule has 0 bridgehead atoms. The van der Waals surface area contributed by atoms with Crippen molar-refractivity contribution in [1.29, 1.82) is 0 Å². The maximum atomic E-state index is 12.1. The molecule has 0 spiro atoms. The Morgan fingerprint density at radius 2 is 1.91 bits per heavy atom. The molecule has 0 radical (unpaired) electrons. The van der Waals surface area contributed by atoms with Gasteiger partial charge in [0.15, 0.2) is 0 Å². The molecular formula is C17H21N3O3. The molecule has 1 saturated carbocycles. The van der Waals surface area contributed by atoms with Gasteiger partial charge in [-0.2, -0.15) is 0 Å². The summed E-state index contributed by atoms with van der Waals surface area (Å²) in [5, 5.41) is 5.30. The average molecular weight is 315 g/mol. The molecule has 2 fully saturated rings. The van der Waals surface area contributed by atoms with Crippen LogP contribution in [-0.2, 0) is 15.0 Å². The van der Waals surface area contributed by atoms with Crippen molar-refractivity contribution in [2.24, 2.45) is 5.41 Å². The van der Waals surface area contributed by atoms with E-state index in [1.54, 1.807) is 0 Å². The summed E-state index contributed by atoms with van der Waals surface area (Å²) in [6.45, 7) is 4.61. The Kier molecular flexibility index (Phi) is 3.62. The monoisotopic (exact) mass is 315 g/mol. The largest absolute Gasteiger partial charge is 0.354 e. The molecule has 6 heteroatoms. The lowest BCUT2D eigenvalue weighted by Crippen LogP contribution is -2.43. The number of rotatable bonds is 5. The minimum atomic E-state index is -0.505. The smallest absolute Gasteiger partial charge is 0.325 e. The third kappa shape index (κ3) is 2.69. The highest BCUT2D eigenvalue weighted by Crippen LogP contribution is 2.63. The standard InChI is InChI=1S/C17H21N3O3/c1-16(2)10-17(16,12-6-4-3-5-7-12)11-19-13(21)9-20-14(22)8-18-15(20)23/h3-7H,8-11H2,1-2H3,(H,18,23)(H,19,21)/t17-/m0/s1. The van der Waals surface area contributed by atoms with Crippen molar-refractivity contribution in [1.82, 2.24) is 15.5 Å². The lowest BCUT2D eigenvalue weighted by Gasteiger charge is -2.22. The first-order valence-corrected chi connectivity index (χ1v) is 7.76. The lowest BCUT2D eigenvalue weighted by atomic mass is 9.88. The summed E-state index contributed by atoms with van der Waals surface area (Å²) in [6.07, 6.45) is 0.993. The van der Waals surface area contributed by atoms with Crippen molar-refractivity contribution in [3.05, 3.63) is 35.9 Å². The summed E-state index contributed by atoms with van der Waals surface area (Å²) in [6, 6.07) is 9.63. The van der Waals surface area contributed by atoms with E-state index >= 15 is 0 Å². The number of hydrogen-bond acceptors (Lipinski definition) is 3. The van der Waals surface area contributed by atoms with Crippen molar-refractivity contribution in [2.45, 2.75) is 25.7 Å². The number of urea groups is 1. The van der Waals surface area contributed by atoms with E-state index in [1.807, 2.05) is 18.2 Å². The Morgan fingerprint density at radius 3 is 2.43 bits per heavy atom. The second-order valence-corrected chi connectivity index (χ2v) is 6.92. The van der Waals surface area contributed by atoms with Gasteiger partial charge in [-0.1, -0.05) is 44.2 Å². The number of amides is 4. The maximum Gasteiger partial charge on any atom is 0.325 e. The first-order chi connectivity index (χ1) is 10.9. The molecule has 2 N–H and O–H groups in total. The summed E-state index contributed by atoms with van der Waals surface area (Å²) in [7, 11) is 0. The molecule has 1 atom stereocenters. The summed E-state index contributed by atoms with van der Waals surface area (Å²) in [5.41, 5.74) is 1.24. The number of carbonyl (C=O) groups is 3. The predicted octanol–water partition coefficient (Wildman–Crippen LogP) is 1.02. The third-order valence-electron chi connectivity index (χ3n) is 5.07. The highest BCUT2D eigenvalue weighted by Gasteiger charge is 2.61. The van der Waals surface area contributed by atoms with Crippen LogP contribution in [0, 0.1) is 5.41 Å². The Morgan fingerprint density at radius 1 is 1.26 bits per heavy atom. The maximum absolute atomic E-state index is 12.1. The van der Waals surface area contributed by atoms with Crippen LogP contribution in [0.15, 0.2) is 30.3 Å². The fourth-order valence-corrected chi connectivity index (χ4v) is 3.43. The highest BCUT2D eigenvalue weighted by atomic mass is 16.2. The number of imide groups is 1. The fraction of sp³-hybridized carbons (Fsp3) is 0.471. The van der Waals surface area contributed by atoms with Crippen LogP contribution in [0.1, 0.15) is 25.8 Å². The van der Waals surface area contributed by atoms with E-state index in [1.165, 1.54) is 5.56 Å². The topological polar surface area (TPSA) is 78.5 Å². The average Bonchev–Trinajstić information content (AvgIpc) is 2.98. The Labute approximate surface area is 135 Å². The SMILES string of the molecule is CC1(C)C[C@]1(CNC(=O)CN1C(=O)CNC1=O)c1ccccc1. The van der Waals surface area contributed by atoms with Gasteiger partial charge in [0.2, 0.25) is 5.91 Å². The van der Waals surface area contributed by atoms with Crippen LogP contribution in [0.4, 0.5) is 4.79 Å². The Bertz CT molecular complexity index is 640. The second-order valence-electron chi connectivity index (χ2n) is 6.92. The molecule has 1 saturated heterocycles. The molecule has 1 aromatic carbocycles. The van der Waals surface area contributed by atoms with Crippen LogP contribution in [0.25, 0.3) is 0 Å². The second kappa shape index (κ2) is 5.37. The Balaban J connectivity index is 1.64. The number of benzene rings is 1. The van der Waals surface area contributed by atoms with Gasteiger partial charge in [-0.15, -0.1) is 0 Å². The molecule has 1 aliphatic heterocycles. The molecule has 3 rings (SSSR count). The van der Waals surface area contributed by atoms with Crippen LogP contribution in [0.3, 0.4) is 0 Å². The van der Waals surface area contributed by atoms with E-state index in [0.717, 1.165) is 11.3 Å². The first-order valence-electron chi connectivity index (χ1n) is 7.76. The number of nitrogens with zero attached hydrogens (tertiary/aromatic N) is 1. The van der Waals surface area contributed by atoms with E-state index in [2.05, 4.69) is 36.6 Å². The fourth-order valence-electron chi connectivity index (χ4n) is 3.43. The molecule has 23 heavy (non-hydrogen) atoms. The van der Waals surface area contributed by atoms with Crippen LogP contribution >= 0.6 is 0 Å². The van der Waals surface area contributed by atoms with Gasteiger partial charge in [-0.25, -0.2) is 4.79 Å². The van der Waals surface area contributed by atoms with Crippen molar-refractivity contribution >= 4 is 17.8 Å². The molecule has 0 aromatic heterocycles. The Hall–Kier alpha value is -2.37. The van der Waals surface area contributed by atoms with Gasteiger partial charge in [0.1, 0.15) is 6.54 Å². The number of nitrogens with one attached hydrogen (secondary N) is 2. The van der Waals surface area contributed by atoms with Crippen LogP contribution < -0.4 is 10.6 Å². The third-order valence-corrected chi connectivity index (χ3v) is 5.07. The summed E-state index contributed by atoms with van der Waals surface area (Å²) in [4.78, 5) is 36.1. The van der Waals surface area contributed by atoms with Crippen LogP contribution in [0.2, 0.25) is 0 Å². The number of carbonyl (C=O) groups excluding carboxylic acids is 3. The van der Waals surface area contributed by atoms with E-state index in [4.69, 9.17) is 0 Å². The molecular weight excluding hydrogens is 294 g/mol. The van der Waals surface area contributed by atoms with E-state index < -0.39 is 6.03 Å². The van der Waals surface area contributed by atoms with Gasteiger partial charge in [-0.05, 0) is 17.4 Å². The summed E-state index contributed by atoms with van der Waals surface area (Å²) >= 11 is 0. The predicted molar refractivity (Wildman–Crippen MR) is 84.6 cm³/mol. The van der Waals surface area contributed by atoms with Gasteiger partial charge in [0, 0.05) is 12.0 Å². The molecule has 2 aliphatic rings. The van der Waals surface area contributed by atoms with Gasteiger partial charge in [0.05, 0.1) is 6.54 Å². The van der Waals surface area contributed by atoms with Gasteiger partial charge < -0.3 is 10.6 Å². The molecule has 122 valence electrons. The zero-order valence-electron chi connectivity index (χ0n) is 13.4. The quantitative estimate of drug-likeness (QED) is 0.796. The van der Waals surface area contributed by atoms with E-state index in [0.29, 0.717) is 6.54 Å². The van der Waals surface area contributed by atoms with E-state index in [9.17, 15) is 14.4 Å². The van der Waals surface area contributed by atoms with Crippen LogP contribution in [-0.4, -0.2) is 42.4 Å². The molecule has 0 unspecified atom stereocenters. The van der Waals surface area contributed by atoms with Gasteiger partial charge in [-0.3, -0.25) is 14.5 Å². The van der Waals surface area contributed by atoms with Crippen molar-refractivity contribution in [2.75, 3.05) is 19.6 Å². The summed E-state index contributed by atoms with van der Waals surface area (Å²) < 4.78 is 0. The van der Waals surface area contributed by atoms with Crippen molar-refractivity contribution in [3.63, 3.8) is 0 Å². The lowest BCUT2D eigenvalue weighted by molar-refractivity contribution is -0.130. The van der Waals surface area contributed by atoms with E-state index in [-0.39, 0.29) is 35.7 Å². The van der Waals surface area contributed by atoms with Crippen LogP contribution in [0.5, 0.6) is 0 Å². The molecule has 1 aromatic rings. The zero-order chi connectivity index (χ0) is 16.7. The van der Waals surface area contributed by atoms with Gasteiger partial charge in [0.25, 0.3) is 5.91 Å².